The van der Waals surface area contributed by atoms with Gasteiger partial charge in [0, 0.05) is 19.5 Å². The Bertz CT molecular complexity index is 421. The number of nitrogens with two attached hydrogens (primary N) is 1. The summed E-state index contributed by atoms with van der Waals surface area (Å²) in [7, 11) is 2.08. The third-order valence-electron chi connectivity index (χ3n) is 3.10. The lowest BCUT2D eigenvalue weighted by Gasteiger charge is -2.15. The zero-order valence-corrected chi connectivity index (χ0v) is 11.5. The number of ketones is 1. The Morgan fingerprint density at radius 3 is 2.76 bits per heavy atom. The number of hydrogen-bond acceptors (Lipinski definition) is 4. The largest absolute Gasteiger partial charge is 0.397 e. The number of hydrogen-bond donors (Lipinski definition) is 1. The Morgan fingerprint density at radius 2 is 2.24 bits per heavy atom. The minimum absolute atomic E-state index is 0.0116. The van der Waals surface area contributed by atoms with Gasteiger partial charge >= 0.3 is 0 Å². The van der Waals surface area contributed by atoms with Crippen LogP contribution < -0.4 is 10.6 Å². The topological polar surface area (TPSA) is 46.3 Å². The summed E-state index contributed by atoms with van der Waals surface area (Å²) in [6, 6.07) is 1.93. The predicted molar refractivity (Wildman–Crippen MR) is 73.9 cm³/mol. The van der Waals surface area contributed by atoms with E-state index in [0.717, 1.165) is 22.3 Å². The molecule has 0 atom stereocenters. The minimum atomic E-state index is 0.0116. The highest BCUT2D eigenvalue weighted by molar-refractivity contribution is 7.18. The van der Waals surface area contributed by atoms with E-state index < -0.39 is 0 Å². The second-order valence-corrected chi connectivity index (χ2v) is 6.24. The van der Waals surface area contributed by atoms with Crippen molar-refractivity contribution in [3.05, 3.63) is 10.9 Å². The Morgan fingerprint density at radius 1 is 1.59 bits per heavy atom. The van der Waals surface area contributed by atoms with Gasteiger partial charge in [0.05, 0.1) is 15.6 Å². The average Bonchev–Trinajstić information content (AvgIpc) is 2.98. The van der Waals surface area contributed by atoms with Gasteiger partial charge in [-0.15, -0.1) is 11.3 Å². The fourth-order valence-corrected chi connectivity index (χ4v) is 2.95. The van der Waals surface area contributed by atoms with E-state index in [9.17, 15) is 4.79 Å². The van der Waals surface area contributed by atoms with Gasteiger partial charge in [-0.05, 0) is 24.8 Å². The number of nitrogen functional groups attached to an aromatic ring is 1. The number of thiophene rings is 1. The standard InChI is InChI=1S/C13H20N2OS/c1-8(2)12(16)13-10(14)6-11(17-13)15(3)7-9-4-5-9/h6,8-9H,4-5,7,14H2,1-3H3. The second-order valence-electron chi connectivity index (χ2n) is 5.21. The van der Waals surface area contributed by atoms with Gasteiger partial charge in [-0.1, -0.05) is 13.8 Å². The lowest BCUT2D eigenvalue weighted by Crippen LogP contribution is -2.18. The first-order valence-electron chi connectivity index (χ1n) is 6.13. The molecule has 0 aliphatic heterocycles. The number of rotatable bonds is 5. The summed E-state index contributed by atoms with van der Waals surface area (Å²) in [6.07, 6.45) is 2.67. The van der Waals surface area contributed by atoms with E-state index in [4.69, 9.17) is 5.73 Å². The van der Waals surface area contributed by atoms with Gasteiger partial charge in [0.1, 0.15) is 0 Å². The van der Waals surface area contributed by atoms with Crippen molar-refractivity contribution in [1.82, 2.24) is 0 Å². The molecule has 2 rings (SSSR count). The van der Waals surface area contributed by atoms with Crippen LogP contribution in [0.25, 0.3) is 0 Å². The smallest absolute Gasteiger partial charge is 0.177 e. The quantitative estimate of drug-likeness (QED) is 0.819. The van der Waals surface area contributed by atoms with Crippen LogP contribution in [-0.4, -0.2) is 19.4 Å². The van der Waals surface area contributed by atoms with E-state index in [2.05, 4.69) is 11.9 Å². The summed E-state index contributed by atoms with van der Waals surface area (Å²) < 4.78 is 0. The van der Waals surface area contributed by atoms with Crippen LogP contribution in [0.4, 0.5) is 10.7 Å². The van der Waals surface area contributed by atoms with Crippen LogP contribution in [0.3, 0.4) is 0 Å². The van der Waals surface area contributed by atoms with Gasteiger partial charge in [0.25, 0.3) is 0 Å². The SMILES string of the molecule is CC(C)C(=O)c1sc(N(C)CC2CC2)cc1N. The Labute approximate surface area is 107 Å². The number of anilines is 2. The van der Waals surface area contributed by atoms with Crippen LogP contribution in [0.2, 0.25) is 0 Å². The van der Waals surface area contributed by atoms with Crippen LogP contribution >= 0.6 is 11.3 Å². The lowest BCUT2D eigenvalue weighted by molar-refractivity contribution is 0.0944. The van der Waals surface area contributed by atoms with E-state index in [1.165, 1.54) is 24.2 Å². The average molecular weight is 252 g/mol. The van der Waals surface area contributed by atoms with Crippen molar-refractivity contribution in [2.24, 2.45) is 11.8 Å². The van der Waals surface area contributed by atoms with Gasteiger partial charge in [-0.25, -0.2) is 0 Å². The van der Waals surface area contributed by atoms with Crippen molar-refractivity contribution in [2.75, 3.05) is 24.2 Å². The Kier molecular flexibility index (Phi) is 3.43. The number of carbonyl (C=O) groups is 1. The van der Waals surface area contributed by atoms with Crippen LogP contribution in [0.5, 0.6) is 0 Å². The Balaban J connectivity index is 2.14. The molecule has 2 N–H and O–H groups in total. The molecule has 1 aromatic heterocycles. The molecule has 1 heterocycles. The van der Waals surface area contributed by atoms with E-state index in [1.54, 1.807) is 0 Å². The summed E-state index contributed by atoms with van der Waals surface area (Å²) in [6.45, 7) is 4.90. The summed E-state index contributed by atoms with van der Waals surface area (Å²) in [5.74, 6) is 1.00. The predicted octanol–water partition coefficient (Wildman–Crippen LogP) is 3.02. The monoisotopic (exact) mass is 252 g/mol. The van der Waals surface area contributed by atoms with Crippen LogP contribution in [0, 0.1) is 11.8 Å². The molecular weight excluding hydrogens is 232 g/mol. The van der Waals surface area contributed by atoms with Gasteiger partial charge in [0.2, 0.25) is 0 Å². The molecule has 1 aliphatic carbocycles. The maximum absolute atomic E-state index is 11.9. The van der Waals surface area contributed by atoms with E-state index in [1.807, 2.05) is 19.9 Å². The first-order valence-corrected chi connectivity index (χ1v) is 6.95. The van der Waals surface area contributed by atoms with E-state index >= 15 is 0 Å². The molecule has 0 amide bonds. The molecule has 1 aromatic rings. The summed E-state index contributed by atoms with van der Waals surface area (Å²) in [5, 5.41) is 1.11. The van der Waals surface area contributed by atoms with Crippen LogP contribution in [0.1, 0.15) is 36.4 Å². The number of Topliss-reactive ketones (excluding diaryl/α,β-unsaturated/α-hetero) is 1. The van der Waals surface area contributed by atoms with Crippen molar-refractivity contribution in [3.63, 3.8) is 0 Å². The normalized spacial score (nSPS) is 15.3. The van der Waals surface area contributed by atoms with Gasteiger partial charge in [-0.2, -0.15) is 0 Å². The number of nitrogens with zero attached hydrogens (tertiary/aromatic N) is 1. The molecule has 3 nitrogen and oxygen atoms in total. The van der Waals surface area contributed by atoms with Crippen molar-refractivity contribution < 1.29 is 4.79 Å². The van der Waals surface area contributed by atoms with E-state index in [0.29, 0.717) is 5.69 Å². The molecule has 0 saturated heterocycles. The summed E-state index contributed by atoms with van der Waals surface area (Å²) >= 11 is 1.53. The summed E-state index contributed by atoms with van der Waals surface area (Å²) in [4.78, 5) is 14.9. The van der Waals surface area contributed by atoms with Gasteiger partial charge in [-0.3, -0.25) is 4.79 Å². The van der Waals surface area contributed by atoms with Crippen molar-refractivity contribution in [3.8, 4) is 0 Å². The molecular formula is C13H20N2OS. The third kappa shape index (κ3) is 2.80. The molecule has 0 aromatic carbocycles. The maximum Gasteiger partial charge on any atom is 0.177 e. The molecule has 0 spiro atoms. The zero-order chi connectivity index (χ0) is 12.6. The fourth-order valence-electron chi connectivity index (χ4n) is 1.81. The minimum Gasteiger partial charge on any atom is -0.397 e. The van der Waals surface area contributed by atoms with Crippen molar-refractivity contribution in [1.29, 1.82) is 0 Å². The molecule has 17 heavy (non-hydrogen) atoms. The Hall–Kier alpha value is -1.03. The van der Waals surface area contributed by atoms with Gasteiger partial charge in [0.15, 0.2) is 5.78 Å². The van der Waals surface area contributed by atoms with E-state index in [-0.39, 0.29) is 11.7 Å². The highest BCUT2D eigenvalue weighted by atomic mass is 32.1. The third-order valence-corrected chi connectivity index (χ3v) is 4.38. The molecule has 94 valence electrons. The fraction of sp³-hybridized carbons (Fsp3) is 0.615. The zero-order valence-electron chi connectivity index (χ0n) is 10.7. The molecule has 1 fully saturated rings. The van der Waals surface area contributed by atoms with Gasteiger partial charge < -0.3 is 10.6 Å². The lowest BCUT2D eigenvalue weighted by atomic mass is 10.1. The molecule has 1 aliphatic rings. The first-order chi connectivity index (χ1) is 7.99. The molecule has 4 heteroatoms. The highest BCUT2D eigenvalue weighted by Gasteiger charge is 2.25. The van der Waals surface area contributed by atoms with Crippen molar-refractivity contribution in [2.45, 2.75) is 26.7 Å². The molecule has 0 unspecified atom stereocenters. The molecule has 1 saturated carbocycles. The maximum atomic E-state index is 11.9. The first kappa shape index (κ1) is 12.4. The molecule has 0 bridgehead atoms. The highest BCUT2D eigenvalue weighted by Crippen LogP contribution is 2.36. The second kappa shape index (κ2) is 4.69. The van der Waals surface area contributed by atoms with Crippen LogP contribution in [-0.2, 0) is 0 Å². The summed E-state index contributed by atoms with van der Waals surface area (Å²) in [5.41, 5.74) is 6.56. The van der Waals surface area contributed by atoms with Crippen molar-refractivity contribution >= 4 is 27.8 Å². The van der Waals surface area contributed by atoms with Crippen LogP contribution in [0.15, 0.2) is 6.07 Å². The number of carbonyl (C=O) groups excluding carboxylic acids is 1. The molecule has 0 radical (unpaired) electrons.